The average molecular weight is 392 g/mol. The number of aromatic nitrogens is 1. The van der Waals surface area contributed by atoms with Gasteiger partial charge in [0.25, 0.3) is 0 Å². The number of rotatable bonds is 8. The molecular formula is C21H27ClFN3O. The maximum Gasteiger partial charge on any atom is 0.225 e. The molecule has 2 rings (SSSR count). The van der Waals surface area contributed by atoms with E-state index in [-0.39, 0.29) is 23.8 Å². The fourth-order valence-electron chi connectivity index (χ4n) is 3.04. The van der Waals surface area contributed by atoms with Crippen LogP contribution in [0.25, 0.3) is 0 Å². The summed E-state index contributed by atoms with van der Waals surface area (Å²) in [6, 6.07) is 7.49. The van der Waals surface area contributed by atoms with Gasteiger partial charge in [0.2, 0.25) is 5.91 Å². The lowest BCUT2D eigenvalue weighted by Crippen LogP contribution is -2.20. The zero-order valence-corrected chi connectivity index (χ0v) is 16.8. The quantitative estimate of drug-likeness (QED) is 0.670. The monoisotopic (exact) mass is 391 g/mol. The maximum atomic E-state index is 14.2. The number of pyridine rings is 1. The number of anilines is 1. The summed E-state index contributed by atoms with van der Waals surface area (Å²) in [6.45, 7) is 6.02. The van der Waals surface area contributed by atoms with Crippen molar-refractivity contribution in [2.75, 3.05) is 5.32 Å². The molecule has 0 spiro atoms. The second kappa shape index (κ2) is 9.81. The summed E-state index contributed by atoms with van der Waals surface area (Å²) >= 11 is 5.96. The molecular weight excluding hydrogens is 365 g/mol. The van der Waals surface area contributed by atoms with Gasteiger partial charge in [-0.25, -0.2) is 4.39 Å². The van der Waals surface area contributed by atoms with Crippen molar-refractivity contribution in [3.63, 3.8) is 0 Å². The molecule has 0 aliphatic carbocycles. The van der Waals surface area contributed by atoms with Gasteiger partial charge in [-0.05, 0) is 49.3 Å². The maximum absolute atomic E-state index is 14.2. The highest BCUT2D eigenvalue weighted by Gasteiger charge is 2.21. The first-order valence-electron chi connectivity index (χ1n) is 9.21. The van der Waals surface area contributed by atoms with Gasteiger partial charge in [0.05, 0.1) is 18.1 Å². The Morgan fingerprint density at radius 2 is 1.89 bits per heavy atom. The van der Waals surface area contributed by atoms with Gasteiger partial charge in [-0.1, -0.05) is 37.6 Å². The van der Waals surface area contributed by atoms with E-state index in [9.17, 15) is 9.18 Å². The molecule has 0 aliphatic rings. The van der Waals surface area contributed by atoms with Crippen molar-refractivity contribution in [1.82, 2.24) is 4.98 Å². The van der Waals surface area contributed by atoms with Crippen molar-refractivity contribution >= 4 is 23.2 Å². The normalized spacial score (nSPS) is 13.4. The molecule has 27 heavy (non-hydrogen) atoms. The first kappa shape index (κ1) is 21.3. The molecule has 146 valence electrons. The Balaban J connectivity index is 2.14. The number of amides is 1. The topological polar surface area (TPSA) is 68.0 Å². The minimum absolute atomic E-state index is 0.0382. The lowest BCUT2D eigenvalue weighted by molar-refractivity contribution is -0.116. The standard InChI is InChI=1S/C21H27ClFN3O/c1-13(2)18(15-5-7-16(22)8-6-15)10-21(27)26-20-12-25-11-19(23)17(20)9-4-14(3)24/h5-8,11-14,18H,4,9-10,24H2,1-3H3,(H,26,27). The Morgan fingerprint density at radius 3 is 2.48 bits per heavy atom. The predicted octanol–water partition coefficient (Wildman–Crippen LogP) is 4.92. The molecule has 1 aromatic heterocycles. The van der Waals surface area contributed by atoms with Gasteiger partial charge < -0.3 is 11.1 Å². The van der Waals surface area contributed by atoms with Crippen LogP contribution in [0, 0.1) is 11.7 Å². The van der Waals surface area contributed by atoms with Crippen LogP contribution in [0.1, 0.15) is 50.7 Å². The third-order valence-corrected chi connectivity index (χ3v) is 4.89. The number of hydrogen-bond acceptors (Lipinski definition) is 3. The summed E-state index contributed by atoms with van der Waals surface area (Å²) in [7, 11) is 0. The molecule has 0 aliphatic heterocycles. The molecule has 4 nitrogen and oxygen atoms in total. The predicted molar refractivity (Wildman–Crippen MR) is 108 cm³/mol. The van der Waals surface area contributed by atoms with Gasteiger partial charge in [0.15, 0.2) is 0 Å². The smallest absolute Gasteiger partial charge is 0.225 e. The molecule has 0 radical (unpaired) electrons. The van der Waals surface area contributed by atoms with Crippen molar-refractivity contribution in [2.45, 2.75) is 52.0 Å². The summed E-state index contributed by atoms with van der Waals surface area (Å²) in [5.41, 5.74) is 7.70. The van der Waals surface area contributed by atoms with Gasteiger partial charge in [0, 0.05) is 23.0 Å². The first-order valence-corrected chi connectivity index (χ1v) is 9.59. The minimum atomic E-state index is -0.424. The van der Waals surface area contributed by atoms with E-state index >= 15 is 0 Å². The molecule has 3 N–H and O–H groups in total. The summed E-state index contributed by atoms with van der Waals surface area (Å²) in [6.07, 6.45) is 4.03. The number of nitrogens with one attached hydrogen (secondary N) is 1. The number of nitrogens with two attached hydrogens (primary N) is 1. The molecule has 1 aromatic carbocycles. The summed E-state index contributed by atoms with van der Waals surface area (Å²) in [5.74, 6) is -0.291. The van der Waals surface area contributed by atoms with E-state index in [0.29, 0.717) is 35.5 Å². The third kappa shape index (κ3) is 6.29. The molecule has 2 aromatic rings. The zero-order valence-electron chi connectivity index (χ0n) is 16.0. The summed E-state index contributed by atoms with van der Waals surface area (Å²) in [5, 5.41) is 3.50. The van der Waals surface area contributed by atoms with Crippen LogP contribution in [0.5, 0.6) is 0 Å². The second-order valence-corrected chi connectivity index (χ2v) is 7.75. The molecule has 6 heteroatoms. The SMILES string of the molecule is CC(N)CCc1c(F)cncc1NC(=O)CC(c1ccc(Cl)cc1)C(C)C. The van der Waals surface area contributed by atoms with Crippen LogP contribution in [0.4, 0.5) is 10.1 Å². The molecule has 1 heterocycles. The van der Waals surface area contributed by atoms with Crippen molar-refractivity contribution in [1.29, 1.82) is 0 Å². The number of carbonyl (C=O) groups excluding carboxylic acids is 1. The Labute approximate surface area is 165 Å². The van der Waals surface area contributed by atoms with E-state index in [2.05, 4.69) is 24.1 Å². The number of benzene rings is 1. The van der Waals surface area contributed by atoms with Crippen LogP contribution in [0.2, 0.25) is 5.02 Å². The van der Waals surface area contributed by atoms with Gasteiger partial charge >= 0.3 is 0 Å². The van der Waals surface area contributed by atoms with Crippen molar-refractivity contribution < 1.29 is 9.18 Å². The minimum Gasteiger partial charge on any atom is -0.328 e. The molecule has 0 bridgehead atoms. The highest BCUT2D eigenvalue weighted by molar-refractivity contribution is 6.30. The molecule has 2 unspecified atom stereocenters. The van der Waals surface area contributed by atoms with E-state index in [1.54, 1.807) is 0 Å². The number of hydrogen-bond donors (Lipinski definition) is 2. The van der Waals surface area contributed by atoms with Crippen LogP contribution < -0.4 is 11.1 Å². The lowest BCUT2D eigenvalue weighted by atomic mass is 9.85. The average Bonchev–Trinajstić information content (AvgIpc) is 2.59. The van der Waals surface area contributed by atoms with Crippen molar-refractivity contribution in [3.05, 3.63) is 58.6 Å². The second-order valence-electron chi connectivity index (χ2n) is 7.32. The summed E-state index contributed by atoms with van der Waals surface area (Å²) < 4.78 is 14.2. The Morgan fingerprint density at radius 1 is 1.22 bits per heavy atom. The van der Waals surface area contributed by atoms with E-state index in [0.717, 1.165) is 11.8 Å². The van der Waals surface area contributed by atoms with Gasteiger partial charge in [-0.3, -0.25) is 9.78 Å². The summed E-state index contributed by atoms with van der Waals surface area (Å²) in [4.78, 5) is 16.5. The van der Waals surface area contributed by atoms with Gasteiger partial charge in [-0.15, -0.1) is 0 Å². The highest BCUT2D eigenvalue weighted by atomic mass is 35.5. The number of halogens is 2. The first-order chi connectivity index (χ1) is 12.8. The van der Waals surface area contributed by atoms with Crippen LogP contribution in [-0.4, -0.2) is 16.9 Å². The van der Waals surface area contributed by atoms with Gasteiger partial charge in [0.1, 0.15) is 5.82 Å². The van der Waals surface area contributed by atoms with E-state index in [1.165, 1.54) is 6.20 Å². The Hall–Kier alpha value is -1.98. The number of nitrogens with zero attached hydrogens (tertiary/aromatic N) is 1. The molecule has 0 fully saturated rings. The van der Waals surface area contributed by atoms with E-state index in [4.69, 9.17) is 17.3 Å². The van der Waals surface area contributed by atoms with Gasteiger partial charge in [-0.2, -0.15) is 0 Å². The van der Waals surface area contributed by atoms with Crippen LogP contribution in [0.15, 0.2) is 36.7 Å². The Kier molecular flexibility index (Phi) is 7.75. The largest absolute Gasteiger partial charge is 0.328 e. The van der Waals surface area contributed by atoms with E-state index in [1.807, 2.05) is 31.2 Å². The molecule has 0 saturated carbocycles. The van der Waals surface area contributed by atoms with Crippen molar-refractivity contribution in [3.8, 4) is 0 Å². The van der Waals surface area contributed by atoms with Crippen LogP contribution in [-0.2, 0) is 11.2 Å². The van der Waals surface area contributed by atoms with Crippen LogP contribution in [0.3, 0.4) is 0 Å². The fraction of sp³-hybridized carbons (Fsp3) is 0.429. The van der Waals surface area contributed by atoms with Crippen molar-refractivity contribution in [2.24, 2.45) is 11.7 Å². The molecule has 1 amide bonds. The number of carbonyl (C=O) groups is 1. The van der Waals surface area contributed by atoms with Crippen LogP contribution >= 0.6 is 11.6 Å². The lowest BCUT2D eigenvalue weighted by Gasteiger charge is -2.21. The third-order valence-electron chi connectivity index (χ3n) is 4.64. The molecule has 0 saturated heterocycles. The fourth-order valence-corrected chi connectivity index (χ4v) is 3.17. The molecule has 2 atom stereocenters. The zero-order chi connectivity index (χ0) is 20.0. The highest BCUT2D eigenvalue weighted by Crippen LogP contribution is 2.30. The Bertz CT molecular complexity index is 763. The van der Waals surface area contributed by atoms with E-state index < -0.39 is 5.82 Å².